The van der Waals surface area contributed by atoms with Crippen molar-refractivity contribution in [2.24, 2.45) is 0 Å². The number of amides is 1. The normalized spacial score (nSPS) is 21.7. The van der Waals surface area contributed by atoms with Crippen LogP contribution in [0, 0.1) is 0 Å². The molecule has 1 aliphatic carbocycles. The summed E-state index contributed by atoms with van der Waals surface area (Å²) < 4.78 is 5.63. The Kier molecular flexibility index (Phi) is 5.56. The molecule has 5 nitrogen and oxygen atoms in total. The van der Waals surface area contributed by atoms with Gasteiger partial charge in [-0.05, 0) is 84.9 Å². The van der Waals surface area contributed by atoms with Gasteiger partial charge >= 0.3 is 6.09 Å². The van der Waals surface area contributed by atoms with Crippen LogP contribution >= 0.6 is 0 Å². The molecule has 2 aliphatic rings. The molecule has 144 valence electrons. The quantitative estimate of drug-likeness (QED) is 0.765. The van der Waals surface area contributed by atoms with Gasteiger partial charge in [0.2, 0.25) is 0 Å². The third kappa shape index (κ3) is 4.20. The molecular weight excluding hydrogens is 326 g/mol. The Balaban J connectivity index is 1.79. The molecule has 0 aromatic carbocycles. The summed E-state index contributed by atoms with van der Waals surface area (Å²) in [7, 11) is 0. The first kappa shape index (κ1) is 19.2. The molecule has 0 unspecified atom stereocenters. The van der Waals surface area contributed by atoms with Crippen LogP contribution in [0.4, 0.5) is 10.6 Å². The van der Waals surface area contributed by atoms with Crippen molar-refractivity contribution < 1.29 is 9.53 Å². The van der Waals surface area contributed by atoms with Crippen LogP contribution in [0.3, 0.4) is 0 Å². The molecule has 1 atom stereocenters. The number of hydrogen-bond donors (Lipinski definition) is 0. The summed E-state index contributed by atoms with van der Waals surface area (Å²) in [5.41, 5.74) is 0.748. The molecule has 2 fully saturated rings. The Labute approximate surface area is 157 Å². The SMILES string of the molecule is CC(C)N1CCC[C@@H]1c1ccc(N(C(=O)OC(C)(C)C)C2CCC2)nc1. The zero-order valence-corrected chi connectivity index (χ0v) is 16.9. The van der Waals surface area contributed by atoms with Crippen molar-refractivity contribution in [3.8, 4) is 0 Å². The van der Waals surface area contributed by atoms with Gasteiger partial charge in [-0.1, -0.05) is 6.07 Å². The standard InChI is InChI=1S/C21H33N3O2/c1-15(2)23-13-7-10-18(23)16-11-12-19(22-14-16)24(17-8-6-9-17)20(25)26-21(3,4)5/h11-12,14-15,17-18H,6-10,13H2,1-5H3/t18-/m1/s1. The molecule has 0 N–H and O–H groups in total. The summed E-state index contributed by atoms with van der Waals surface area (Å²) in [4.78, 5) is 21.7. The fourth-order valence-electron chi connectivity index (χ4n) is 3.89. The lowest BCUT2D eigenvalue weighted by molar-refractivity contribution is 0.0548. The minimum Gasteiger partial charge on any atom is -0.443 e. The van der Waals surface area contributed by atoms with Gasteiger partial charge in [0.05, 0.1) is 0 Å². The van der Waals surface area contributed by atoms with Crippen molar-refractivity contribution >= 4 is 11.9 Å². The Morgan fingerprint density at radius 2 is 1.96 bits per heavy atom. The van der Waals surface area contributed by atoms with E-state index in [0.29, 0.717) is 17.9 Å². The van der Waals surface area contributed by atoms with E-state index in [1.54, 1.807) is 4.90 Å². The van der Waals surface area contributed by atoms with Crippen LogP contribution in [0.15, 0.2) is 18.3 Å². The van der Waals surface area contributed by atoms with Crippen molar-refractivity contribution in [1.82, 2.24) is 9.88 Å². The van der Waals surface area contributed by atoms with E-state index in [-0.39, 0.29) is 12.1 Å². The van der Waals surface area contributed by atoms with E-state index in [2.05, 4.69) is 29.8 Å². The van der Waals surface area contributed by atoms with Crippen LogP contribution in [0.2, 0.25) is 0 Å². The zero-order chi connectivity index (χ0) is 18.9. The van der Waals surface area contributed by atoms with Gasteiger partial charge in [-0.2, -0.15) is 0 Å². The molecular formula is C21H33N3O2. The second-order valence-electron chi connectivity index (χ2n) is 8.87. The van der Waals surface area contributed by atoms with Crippen molar-refractivity contribution in [2.75, 3.05) is 11.4 Å². The van der Waals surface area contributed by atoms with Crippen LogP contribution in [0.5, 0.6) is 0 Å². The molecule has 1 amide bonds. The number of anilines is 1. The second kappa shape index (κ2) is 7.55. The first-order valence-corrected chi connectivity index (χ1v) is 10.00. The summed E-state index contributed by atoms with van der Waals surface area (Å²) in [6.07, 6.45) is 7.28. The number of nitrogens with zero attached hydrogens (tertiary/aromatic N) is 3. The van der Waals surface area contributed by atoms with Crippen LogP contribution in [0.1, 0.15) is 78.3 Å². The lowest BCUT2D eigenvalue weighted by atomic mass is 9.91. The van der Waals surface area contributed by atoms with Gasteiger partial charge < -0.3 is 4.74 Å². The van der Waals surface area contributed by atoms with E-state index < -0.39 is 5.60 Å². The van der Waals surface area contributed by atoms with Crippen molar-refractivity contribution in [2.45, 2.75) is 90.4 Å². The number of aromatic nitrogens is 1. The number of carbonyl (C=O) groups excluding carboxylic acids is 1. The van der Waals surface area contributed by atoms with Crippen LogP contribution < -0.4 is 4.90 Å². The summed E-state index contributed by atoms with van der Waals surface area (Å²) in [6, 6.07) is 5.32. The van der Waals surface area contributed by atoms with Gasteiger partial charge in [0.25, 0.3) is 0 Å². The maximum atomic E-state index is 12.7. The number of hydrogen-bond acceptors (Lipinski definition) is 4. The summed E-state index contributed by atoms with van der Waals surface area (Å²) in [6.45, 7) is 11.4. The summed E-state index contributed by atoms with van der Waals surface area (Å²) in [5.74, 6) is 0.710. The van der Waals surface area contributed by atoms with E-state index in [1.807, 2.05) is 33.0 Å². The number of pyridine rings is 1. The van der Waals surface area contributed by atoms with Gasteiger partial charge in [0, 0.05) is 24.3 Å². The third-order valence-electron chi connectivity index (χ3n) is 5.39. The molecule has 0 radical (unpaired) electrons. The van der Waals surface area contributed by atoms with Crippen LogP contribution in [-0.2, 0) is 4.74 Å². The monoisotopic (exact) mass is 359 g/mol. The van der Waals surface area contributed by atoms with Gasteiger partial charge in [-0.25, -0.2) is 9.78 Å². The molecule has 5 heteroatoms. The predicted octanol–water partition coefficient (Wildman–Crippen LogP) is 4.92. The van der Waals surface area contributed by atoms with E-state index in [0.717, 1.165) is 25.8 Å². The smallest absolute Gasteiger partial charge is 0.416 e. The lowest BCUT2D eigenvalue weighted by Gasteiger charge is -2.37. The highest BCUT2D eigenvalue weighted by atomic mass is 16.6. The number of rotatable bonds is 4. The minimum absolute atomic E-state index is 0.210. The molecule has 3 rings (SSSR count). The molecule has 0 spiro atoms. The fraction of sp³-hybridized carbons (Fsp3) is 0.714. The molecule has 1 aromatic heterocycles. The topological polar surface area (TPSA) is 45.7 Å². The molecule has 1 aliphatic heterocycles. The van der Waals surface area contributed by atoms with E-state index in [4.69, 9.17) is 4.74 Å². The van der Waals surface area contributed by atoms with Gasteiger partial charge in [0.15, 0.2) is 0 Å². The maximum absolute atomic E-state index is 12.7. The highest BCUT2D eigenvalue weighted by molar-refractivity contribution is 5.87. The van der Waals surface area contributed by atoms with E-state index in [1.165, 1.54) is 18.4 Å². The van der Waals surface area contributed by atoms with Crippen molar-refractivity contribution in [3.05, 3.63) is 23.9 Å². The predicted molar refractivity (Wildman–Crippen MR) is 104 cm³/mol. The summed E-state index contributed by atoms with van der Waals surface area (Å²) >= 11 is 0. The number of ether oxygens (including phenoxy) is 1. The zero-order valence-electron chi connectivity index (χ0n) is 16.9. The molecule has 0 bridgehead atoms. The van der Waals surface area contributed by atoms with Crippen molar-refractivity contribution in [3.63, 3.8) is 0 Å². The van der Waals surface area contributed by atoms with Gasteiger partial charge in [-0.15, -0.1) is 0 Å². The maximum Gasteiger partial charge on any atom is 0.416 e. The first-order chi connectivity index (χ1) is 12.3. The largest absolute Gasteiger partial charge is 0.443 e. The molecule has 2 heterocycles. The van der Waals surface area contributed by atoms with E-state index >= 15 is 0 Å². The molecule has 26 heavy (non-hydrogen) atoms. The average molecular weight is 360 g/mol. The molecule has 1 saturated heterocycles. The lowest BCUT2D eigenvalue weighted by Crippen LogP contribution is -2.47. The minimum atomic E-state index is -0.499. The molecule has 1 saturated carbocycles. The Morgan fingerprint density at radius 1 is 1.23 bits per heavy atom. The Hall–Kier alpha value is -1.62. The number of carbonyl (C=O) groups is 1. The summed E-state index contributed by atoms with van der Waals surface area (Å²) in [5, 5.41) is 0. The Morgan fingerprint density at radius 3 is 2.46 bits per heavy atom. The highest BCUT2D eigenvalue weighted by Gasteiger charge is 2.34. The molecule has 1 aromatic rings. The van der Waals surface area contributed by atoms with Crippen LogP contribution in [0.25, 0.3) is 0 Å². The third-order valence-corrected chi connectivity index (χ3v) is 5.39. The van der Waals surface area contributed by atoms with Crippen LogP contribution in [-0.4, -0.2) is 40.2 Å². The first-order valence-electron chi connectivity index (χ1n) is 10.00. The van der Waals surface area contributed by atoms with Gasteiger partial charge in [-0.3, -0.25) is 9.80 Å². The Bertz CT molecular complexity index is 617. The fourth-order valence-corrected chi connectivity index (χ4v) is 3.89. The highest BCUT2D eigenvalue weighted by Crippen LogP contribution is 2.35. The van der Waals surface area contributed by atoms with Crippen molar-refractivity contribution in [1.29, 1.82) is 0 Å². The van der Waals surface area contributed by atoms with Gasteiger partial charge in [0.1, 0.15) is 11.4 Å². The average Bonchev–Trinajstić information content (AvgIpc) is 2.99. The van der Waals surface area contributed by atoms with E-state index in [9.17, 15) is 4.79 Å². The second-order valence-corrected chi connectivity index (χ2v) is 8.87. The number of likely N-dealkylation sites (tertiary alicyclic amines) is 1.